The molecule has 7 heteroatoms. The number of aromatic nitrogens is 2. The van der Waals surface area contributed by atoms with Crippen LogP contribution < -0.4 is 10.6 Å². The van der Waals surface area contributed by atoms with E-state index in [0.29, 0.717) is 30.1 Å². The molecule has 7 nitrogen and oxygen atoms in total. The highest BCUT2D eigenvalue weighted by Gasteiger charge is 2.21. The molecule has 3 amide bonds. The lowest BCUT2D eigenvalue weighted by atomic mass is 9.99. The average Bonchev–Trinajstić information content (AvgIpc) is 3.15. The summed E-state index contributed by atoms with van der Waals surface area (Å²) < 4.78 is 0. The maximum Gasteiger partial charge on any atom is 0.319 e. The summed E-state index contributed by atoms with van der Waals surface area (Å²) in [5, 5.41) is 5.56. The maximum absolute atomic E-state index is 12.6. The molecule has 1 aliphatic heterocycles. The van der Waals surface area contributed by atoms with Crippen molar-refractivity contribution >= 4 is 17.6 Å². The number of anilines is 1. The van der Waals surface area contributed by atoms with Crippen molar-refractivity contribution in [1.29, 1.82) is 0 Å². The van der Waals surface area contributed by atoms with Crippen LogP contribution in [0.4, 0.5) is 10.5 Å². The normalized spacial score (nSPS) is 17.0. The SMILES string of the molecule is C[C@@H]1CCCN(C(=O)c2ccc(NC(=O)NCCc3cnc[nH]3)cc2)C1. The Bertz CT molecular complexity index is 727. The lowest BCUT2D eigenvalue weighted by molar-refractivity contribution is 0.0683. The summed E-state index contributed by atoms with van der Waals surface area (Å²) in [6.45, 7) is 4.33. The van der Waals surface area contributed by atoms with Gasteiger partial charge in [-0.1, -0.05) is 6.92 Å². The van der Waals surface area contributed by atoms with E-state index in [4.69, 9.17) is 0 Å². The van der Waals surface area contributed by atoms with Crippen molar-refractivity contribution < 1.29 is 9.59 Å². The number of rotatable bonds is 5. The number of benzene rings is 1. The molecule has 2 aromatic rings. The Morgan fingerprint density at radius 2 is 2.12 bits per heavy atom. The lowest BCUT2D eigenvalue weighted by Gasteiger charge is -2.31. The van der Waals surface area contributed by atoms with Crippen LogP contribution in [0.15, 0.2) is 36.8 Å². The average molecular weight is 355 g/mol. The second-order valence-electron chi connectivity index (χ2n) is 6.78. The number of carbonyl (C=O) groups is 2. The summed E-state index contributed by atoms with van der Waals surface area (Å²) in [6, 6.07) is 6.78. The van der Waals surface area contributed by atoms with E-state index in [-0.39, 0.29) is 11.9 Å². The molecule has 0 radical (unpaired) electrons. The number of urea groups is 1. The van der Waals surface area contributed by atoms with Gasteiger partial charge in [-0.15, -0.1) is 0 Å². The smallest absolute Gasteiger partial charge is 0.319 e. The van der Waals surface area contributed by atoms with Gasteiger partial charge in [0.25, 0.3) is 5.91 Å². The third kappa shape index (κ3) is 4.84. The molecule has 1 aromatic heterocycles. The van der Waals surface area contributed by atoms with Gasteiger partial charge in [0.2, 0.25) is 0 Å². The van der Waals surface area contributed by atoms with Crippen molar-refractivity contribution in [3.05, 3.63) is 48.0 Å². The van der Waals surface area contributed by atoms with E-state index < -0.39 is 0 Å². The molecule has 26 heavy (non-hydrogen) atoms. The molecule has 3 rings (SSSR count). The quantitative estimate of drug-likeness (QED) is 0.770. The number of hydrogen-bond acceptors (Lipinski definition) is 3. The van der Waals surface area contributed by atoms with Gasteiger partial charge in [-0.2, -0.15) is 0 Å². The molecule has 0 spiro atoms. The van der Waals surface area contributed by atoms with Crippen LogP contribution in [0.3, 0.4) is 0 Å². The summed E-state index contributed by atoms with van der Waals surface area (Å²) in [6.07, 6.45) is 6.28. The van der Waals surface area contributed by atoms with Crippen molar-refractivity contribution in [3.63, 3.8) is 0 Å². The second kappa shape index (κ2) is 8.51. The predicted octanol–water partition coefficient (Wildman–Crippen LogP) is 2.65. The van der Waals surface area contributed by atoms with E-state index in [9.17, 15) is 9.59 Å². The highest BCUT2D eigenvalue weighted by atomic mass is 16.2. The van der Waals surface area contributed by atoms with Gasteiger partial charge < -0.3 is 20.5 Å². The molecule has 1 atom stereocenters. The van der Waals surface area contributed by atoms with Gasteiger partial charge in [0.05, 0.1) is 6.33 Å². The van der Waals surface area contributed by atoms with Crippen molar-refractivity contribution in [2.75, 3.05) is 25.0 Å². The minimum absolute atomic E-state index is 0.0621. The van der Waals surface area contributed by atoms with Crippen LogP contribution in [-0.4, -0.2) is 46.4 Å². The minimum Gasteiger partial charge on any atom is -0.348 e. The number of amides is 3. The molecule has 1 fully saturated rings. The minimum atomic E-state index is -0.270. The molecular formula is C19H25N5O2. The van der Waals surface area contributed by atoms with Gasteiger partial charge in [0.15, 0.2) is 0 Å². The molecule has 138 valence electrons. The summed E-state index contributed by atoms with van der Waals surface area (Å²) in [4.78, 5) is 33.3. The highest BCUT2D eigenvalue weighted by molar-refractivity contribution is 5.95. The first-order chi connectivity index (χ1) is 12.6. The summed E-state index contributed by atoms with van der Waals surface area (Å²) in [5.74, 6) is 0.617. The molecule has 0 saturated carbocycles. The predicted molar refractivity (Wildman–Crippen MR) is 100 cm³/mol. The Labute approximate surface area is 153 Å². The second-order valence-corrected chi connectivity index (χ2v) is 6.78. The van der Waals surface area contributed by atoms with Gasteiger partial charge in [-0.25, -0.2) is 9.78 Å². The Morgan fingerprint density at radius 3 is 2.81 bits per heavy atom. The molecule has 1 saturated heterocycles. The lowest BCUT2D eigenvalue weighted by Crippen LogP contribution is -2.39. The number of nitrogens with one attached hydrogen (secondary N) is 3. The number of imidazole rings is 1. The molecule has 3 N–H and O–H groups in total. The van der Waals surface area contributed by atoms with E-state index in [2.05, 4.69) is 27.5 Å². The van der Waals surface area contributed by atoms with Crippen LogP contribution in [0.5, 0.6) is 0 Å². The number of hydrogen-bond donors (Lipinski definition) is 3. The van der Waals surface area contributed by atoms with E-state index in [1.165, 1.54) is 6.42 Å². The zero-order valence-corrected chi connectivity index (χ0v) is 15.0. The topological polar surface area (TPSA) is 90.1 Å². The van der Waals surface area contributed by atoms with Crippen molar-refractivity contribution in [2.45, 2.75) is 26.2 Å². The van der Waals surface area contributed by atoms with Crippen LogP contribution in [0, 0.1) is 5.92 Å². The number of carbonyl (C=O) groups excluding carboxylic acids is 2. The maximum atomic E-state index is 12.6. The Balaban J connectivity index is 1.47. The third-order valence-corrected chi connectivity index (χ3v) is 4.57. The Morgan fingerprint density at radius 1 is 1.31 bits per heavy atom. The fraction of sp³-hybridized carbons (Fsp3) is 0.421. The van der Waals surface area contributed by atoms with E-state index in [1.54, 1.807) is 36.8 Å². The zero-order chi connectivity index (χ0) is 18.4. The zero-order valence-electron chi connectivity index (χ0n) is 15.0. The van der Waals surface area contributed by atoms with Crippen LogP contribution in [0.25, 0.3) is 0 Å². The number of aromatic amines is 1. The molecule has 0 unspecified atom stereocenters. The van der Waals surface area contributed by atoms with Crippen LogP contribution in [0.2, 0.25) is 0 Å². The van der Waals surface area contributed by atoms with Crippen LogP contribution in [0.1, 0.15) is 35.8 Å². The number of nitrogens with zero attached hydrogens (tertiary/aromatic N) is 2. The number of likely N-dealkylation sites (tertiary alicyclic amines) is 1. The Kier molecular flexibility index (Phi) is 5.88. The monoisotopic (exact) mass is 355 g/mol. The summed E-state index contributed by atoms with van der Waals surface area (Å²) >= 11 is 0. The molecule has 0 bridgehead atoms. The van der Waals surface area contributed by atoms with Crippen molar-refractivity contribution in [2.24, 2.45) is 5.92 Å². The molecule has 0 aliphatic carbocycles. The van der Waals surface area contributed by atoms with Gasteiger partial charge in [-0.3, -0.25) is 4.79 Å². The van der Waals surface area contributed by atoms with Gasteiger partial charge in [0.1, 0.15) is 0 Å². The first-order valence-corrected chi connectivity index (χ1v) is 9.03. The molecule has 1 aromatic carbocycles. The van der Waals surface area contributed by atoms with E-state index >= 15 is 0 Å². The molecular weight excluding hydrogens is 330 g/mol. The number of piperidine rings is 1. The van der Waals surface area contributed by atoms with Gasteiger partial charge in [0, 0.05) is 49.2 Å². The van der Waals surface area contributed by atoms with Crippen molar-refractivity contribution in [1.82, 2.24) is 20.2 Å². The third-order valence-electron chi connectivity index (χ3n) is 4.57. The van der Waals surface area contributed by atoms with E-state index in [1.807, 2.05) is 4.90 Å². The Hall–Kier alpha value is -2.83. The molecule has 2 heterocycles. The fourth-order valence-electron chi connectivity index (χ4n) is 3.16. The molecule has 1 aliphatic rings. The first kappa shape index (κ1) is 18.0. The van der Waals surface area contributed by atoms with Gasteiger partial charge >= 0.3 is 6.03 Å². The standard InChI is InChI=1S/C19H25N5O2/c1-14-3-2-10-24(12-14)18(25)15-4-6-16(7-5-15)23-19(26)21-9-8-17-11-20-13-22-17/h4-7,11,13-14H,2-3,8-10,12H2,1H3,(H,20,22)(H2,21,23,26)/t14-/m1/s1. The highest BCUT2D eigenvalue weighted by Crippen LogP contribution is 2.19. The van der Waals surface area contributed by atoms with Crippen molar-refractivity contribution in [3.8, 4) is 0 Å². The fourth-order valence-corrected chi connectivity index (χ4v) is 3.16. The number of H-pyrrole nitrogens is 1. The van der Waals surface area contributed by atoms with E-state index in [0.717, 1.165) is 25.2 Å². The van der Waals surface area contributed by atoms with Gasteiger partial charge in [-0.05, 0) is 43.0 Å². The summed E-state index contributed by atoms with van der Waals surface area (Å²) in [7, 11) is 0. The van der Waals surface area contributed by atoms with Crippen LogP contribution >= 0.6 is 0 Å². The summed E-state index contributed by atoms with van der Waals surface area (Å²) in [5.41, 5.74) is 2.29. The first-order valence-electron chi connectivity index (χ1n) is 9.03. The van der Waals surface area contributed by atoms with Crippen LogP contribution in [-0.2, 0) is 6.42 Å². The largest absolute Gasteiger partial charge is 0.348 e.